The normalized spacial score (nSPS) is 15.8. The smallest absolute Gasteiger partial charge is 0.471 e. The van der Waals surface area contributed by atoms with Gasteiger partial charge in [0.15, 0.2) is 0 Å². The van der Waals surface area contributed by atoms with Gasteiger partial charge in [-0.25, -0.2) is 51.5 Å². The van der Waals surface area contributed by atoms with Gasteiger partial charge in [-0.15, -0.1) is 49.2 Å². The molecule has 13 heteroatoms. The Bertz CT molecular complexity index is 1220. The van der Waals surface area contributed by atoms with Gasteiger partial charge in [0.05, 0.1) is 49.6 Å². The number of hydrogen-bond donors (Lipinski definition) is 0. The Hall–Kier alpha value is -3.71. The van der Waals surface area contributed by atoms with Crippen molar-refractivity contribution in [3.05, 3.63) is 108 Å². The SMILES string of the molecule is O=C(Oc1ccc(F)[c-]c1F)N1CCOCC1.O=C(Oc1ccc(F)[c-]c1F)N1CCOCC1.[C-]1=CC=CC1.[C-]1=CC=CC1.[Ti+4]. The first-order valence-electron chi connectivity index (χ1n) is 13.6. The van der Waals surface area contributed by atoms with Crippen LogP contribution in [0, 0.1) is 47.6 Å². The maximum atomic E-state index is 13.2. The van der Waals surface area contributed by atoms with Gasteiger partial charge >= 0.3 is 33.9 Å². The number of rotatable bonds is 2. The standard InChI is InChI=1S/2C11H10F2NO3.2C5H5.Ti/c2*12-8-1-2-10(9(13)7-8)17-11(15)14-3-5-16-6-4-14;2*1-2-4-5-3-1;/h2*1-2H,3-6H2;2*1-3H,4H2;/q4*-1;+4. The molecule has 4 aliphatic rings. The van der Waals surface area contributed by atoms with E-state index in [1.54, 1.807) is 12.1 Å². The molecule has 2 aromatic rings. The van der Waals surface area contributed by atoms with Crippen LogP contribution in [0.4, 0.5) is 27.2 Å². The number of morpholine rings is 2. The molecule has 6 rings (SSSR count). The van der Waals surface area contributed by atoms with E-state index in [2.05, 4.69) is 24.3 Å². The summed E-state index contributed by atoms with van der Waals surface area (Å²) in [6, 6.07) is 7.65. The summed E-state index contributed by atoms with van der Waals surface area (Å²) >= 11 is 0. The zero-order valence-corrected chi connectivity index (χ0v) is 25.8. The zero-order chi connectivity index (χ0) is 31.6. The number of amides is 2. The minimum atomic E-state index is -1.02. The first kappa shape index (κ1) is 37.5. The molecule has 2 aliphatic carbocycles. The topological polar surface area (TPSA) is 77.5 Å². The van der Waals surface area contributed by atoms with Crippen molar-refractivity contribution in [2.75, 3.05) is 52.6 Å². The van der Waals surface area contributed by atoms with Gasteiger partial charge < -0.3 is 28.7 Å². The van der Waals surface area contributed by atoms with Crippen LogP contribution in [0.2, 0.25) is 0 Å². The molecule has 0 unspecified atom stereocenters. The average molecular weight is 662 g/mol. The molecular weight excluding hydrogens is 632 g/mol. The second-order valence-corrected chi connectivity index (χ2v) is 8.91. The van der Waals surface area contributed by atoms with E-state index >= 15 is 0 Å². The van der Waals surface area contributed by atoms with E-state index in [1.165, 1.54) is 9.80 Å². The number of ether oxygens (including phenoxy) is 4. The number of benzene rings is 2. The first-order valence-corrected chi connectivity index (χ1v) is 13.6. The van der Waals surface area contributed by atoms with E-state index in [0.29, 0.717) is 52.6 Å². The molecule has 2 amide bonds. The van der Waals surface area contributed by atoms with Crippen LogP contribution >= 0.6 is 0 Å². The second-order valence-electron chi connectivity index (χ2n) is 8.91. The Labute approximate surface area is 274 Å². The van der Waals surface area contributed by atoms with Gasteiger partial charge in [0.2, 0.25) is 0 Å². The van der Waals surface area contributed by atoms with Crippen LogP contribution in [-0.2, 0) is 31.2 Å². The van der Waals surface area contributed by atoms with E-state index in [1.807, 2.05) is 24.3 Å². The summed E-state index contributed by atoms with van der Waals surface area (Å²) in [6.07, 6.45) is 18.7. The molecule has 0 radical (unpaired) electrons. The second kappa shape index (κ2) is 21.1. The molecule has 2 aliphatic heterocycles. The van der Waals surface area contributed by atoms with Crippen LogP contribution in [-0.4, -0.2) is 74.6 Å². The maximum absolute atomic E-state index is 13.2. The van der Waals surface area contributed by atoms with Crippen molar-refractivity contribution in [2.45, 2.75) is 12.8 Å². The third kappa shape index (κ3) is 14.3. The summed E-state index contributed by atoms with van der Waals surface area (Å²) in [4.78, 5) is 25.9. The molecule has 0 aromatic heterocycles. The van der Waals surface area contributed by atoms with Gasteiger partial charge in [-0.1, -0.05) is 0 Å². The molecule has 0 saturated carbocycles. The van der Waals surface area contributed by atoms with Gasteiger partial charge in [0.1, 0.15) is 0 Å². The Morgan fingerprint density at radius 1 is 0.644 bits per heavy atom. The van der Waals surface area contributed by atoms with E-state index < -0.39 is 35.5 Å². The monoisotopic (exact) mass is 662 g/mol. The molecular formula is C32H30F4N2O6Ti. The van der Waals surface area contributed by atoms with Crippen molar-refractivity contribution in [1.82, 2.24) is 9.80 Å². The van der Waals surface area contributed by atoms with Crippen LogP contribution in [0.25, 0.3) is 0 Å². The first-order chi connectivity index (χ1) is 21.3. The molecule has 0 bridgehead atoms. The van der Waals surface area contributed by atoms with Crippen molar-refractivity contribution in [3.63, 3.8) is 0 Å². The summed E-state index contributed by atoms with van der Waals surface area (Å²) in [6.45, 7) is 3.27. The fraction of sp³-hybridized carbons (Fsp3) is 0.312. The largest absolute Gasteiger partial charge is 4.00 e. The maximum Gasteiger partial charge on any atom is 4.00 e. The van der Waals surface area contributed by atoms with Crippen LogP contribution in [0.5, 0.6) is 11.5 Å². The molecule has 2 heterocycles. The average Bonchev–Trinajstić information content (AvgIpc) is 3.82. The van der Waals surface area contributed by atoms with Crippen molar-refractivity contribution in [3.8, 4) is 11.5 Å². The molecule has 236 valence electrons. The van der Waals surface area contributed by atoms with Crippen molar-refractivity contribution < 1.29 is 67.8 Å². The molecule has 2 fully saturated rings. The van der Waals surface area contributed by atoms with Crippen LogP contribution in [0.1, 0.15) is 12.8 Å². The fourth-order valence-corrected chi connectivity index (χ4v) is 3.51. The molecule has 0 spiro atoms. The molecule has 0 N–H and O–H groups in total. The Morgan fingerprint density at radius 3 is 1.29 bits per heavy atom. The van der Waals surface area contributed by atoms with Gasteiger partial charge in [-0.05, 0) is 0 Å². The molecule has 0 atom stereocenters. The zero-order valence-electron chi connectivity index (χ0n) is 24.2. The number of nitrogens with zero attached hydrogens (tertiary/aromatic N) is 2. The number of carbonyl (C=O) groups is 2. The van der Waals surface area contributed by atoms with Crippen molar-refractivity contribution in [2.24, 2.45) is 0 Å². The summed E-state index contributed by atoms with van der Waals surface area (Å²) in [5.41, 5.74) is 0. The number of halogens is 4. The van der Waals surface area contributed by atoms with Crippen LogP contribution in [0.15, 0.2) is 60.7 Å². The molecule has 2 aromatic carbocycles. The fourth-order valence-electron chi connectivity index (χ4n) is 3.51. The van der Waals surface area contributed by atoms with Crippen molar-refractivity contribution >= 4 is 12.2 Å². The predicted octanol–water partition coefficient (Wildman–Crippen LogP) is 5.80. The van der Waals surface area contributed by atoms with Crippen molar-refractivity contribution in [1.29, 1.82) is 0 Å². The minimum Gasteiger partial charge on any atom is -0.471 e. The number of hydrogen-bond acceptors (Lipinski definition) is 6. The van der Waals surface area contributed by atoms with E-state index in [9.17, 15) is 27.2 Å². The van der Waals surface area contributed by atoms with E-state index in [0.717, 1.165) is 37.1 Å². The van der Waals surface area contributed by atoms with Gasteiger partial charge in [0, 0.05) is 37.8 Å². The van der Waals surface area contributed by atoms with Gasteiger partial charge in [0.25, 0.3) is 0 Å². The summed E-state index contributed by atoms with van der Waals surface area (Å²) in [5, 5.41) is 0. The summed E-state index contributed by atoms with van der Waals surface area (Å²) in [7, 11) is 0. The van der Waals surface area contributed by atoms with Crippen LogP contribution < -0.4 is 9.47 Å². The predicted molar refractivity (Wildman–Crippen MR) is 150 cm³/mol. The minimum absolute atomic E-state index is 0. The Balaban J connectivity index is 0.000000235. The number of carbonyl (C=O) groups excluding carboxylic acids is 2. The van der Waals surface area contributed by atoms with Crippen LogP contribution in [0.3, 0.4) is 0 Å². The Morgan fingerprint density at radius 2 is 1.02 bits per heavy atom. The quantitative estimate of drug-likeness (QED) is 0.230. The van der Waals surface area contributed by atoms with E-state index in [-0.39, 0.29) is 33.2 Å². The molecule has 2 saturated heterocycles. The Kier molecular flexibility index (Phi) is 17.6. The third-order valence-corrected chi connectivity index (χ3v) is 5.76. The third-order valence-electron chi connectivity index (χ3n) is 5.76. The van der Waals surface area contributed by atoms with E-state index in [4.69, 9.17) is 18.9 Å². The van der Waals surface area contributed by atoms with Gasteiger partial charge in [-0.3, -0.25) is 12.2 Å². The molecule has 8 nitrogen and oxygen atoms in total. The molecule has 45 heavy (non-hydrogen) atoms. The summed E-state index contributed by atoms with van der Waals surface area (Å²) in [5.74, 6) is -4.38. The number of allylic oxidation sites excluding steroid dienone is 8. The summed E-state index contributed by atoms with van der Waals surface area (Å²) < 4.78 is 71.2. The van der Waals surface area contributed by atoms with Gasteiger partial charge in [-0.2, -0.15) is 12.2 Å².